The van der Waals surface area contributed by atoms with Crippen molar-refractivity contribution < 1.29 is 4.74 Å². The van der Waals surface area contributed by atoms with Gasteiger partial charge in [-0.05, 0) is 32.7 Å². The number of hydrogen-bond acceptors (Lipinski definition) is 5. The molecule has 0 aromatic carbocycles. The van der Waals surface area contributed by atoms with E-state index in [1.807, 2.05) is 13.0 Å². The summed E-state index contributed by atoms with van der Waals surface area (Å²) in [6.45, 7) is 6.34. The van der Waals surface area contributed by atoms with Crippen LogP contribution in [-0.4, -0.2) is 29.7 Å². The number of anilines is 1. The van der Waals surface area contributed by atoms with E-state index in [4.69, 9.17) is 10.5 Å². The van der Waals surface area contributed by atoms with E-state index in [9.17, 15) is 0 Å². The summed E-state index contributed by atoms with van der Waals surface area (Å²) in [5, 5.41) is 3.22. The van der Waals surface area contributed by atoms with Crippen molar-refractivity contribution >= 4 is 5.95 Å². The second kappa shape index (κ2) is 8.69. The molecular formula is C13H24N4O. The number of nitrogens with one attached hydrogen (secondary N) is 1. The first-order valence-corrected chi connectivity index (χ1v) is 6.68. The molecule has 0 bridgehead atoms. The second-order valence-corrected chi connectivity index (χ2v) is 4.30. The molecule has 1 heterocycles. The molecule has 0 atom stereocenters. The zero-order valence-corrected chi connectivity index (χ0v) is 11.4. The average molecular weight is 252 g/mol. The topological polar surface area (TPSA) is 73.1 Å². The van der Waals surface area contributed by atoms with E-state index in [0.29, 0.717) is 18.4 Å². The maximum absolute atomic E-state index is 5.51. The minimum absolute atomic E-state index is 0.647. The van der Waals surface area contributed by atoms with Gasteiger partial charge in [0.2, 0.25) is 11.8 Å². The Morgan fingerprint density at radius 2 is 2.11 bits per heavy atom. The van der Waals surface area contributed by atoms with Gasteiger partial charge >= 0.3 is 0 Å². The summed E-state index contributed by atoms with van der Waals surface area (Å²) >= 11 is 0. The van der Waals surface area contributed by atoms with E-state index >= 15 is 0 Å². The van der Waals surface area contributed by atoms with Crippen LogP contribution in [0.2, 0.25) is 0 Å². The van der Waals surface area contributed by atoms with Crippen LogP contribution in [0.25, 0.3) is 0 Å². The SMILES string of the molecule is CCCOc1cc(C)nc(NCCCCCN)n1. The molecule has 5 nitrogen and oxygen atoms in total. The van der Waals surface area contributed by atoms with Crippen LogP contribution in [0.15, 0.2) is 6.07 Å². The molecule has 0 radical (unpaired) electrons. The molecule has 1 aromatic rings. The molecule has 5 heteroatoms. The largest absolute Gasteiger partial charge is 0.478 e. The van der Waals surface area contributed by atoms with E-state index in [1.165, 1.54) is 0 Å². The summed E-state index contributed by atoms with van der Waals surface area (Å²) in [5.41, 5.74) is 6.36. The fourth-order valence-corrected chi connectivity index (χ4v) is 1.55. The third-order valence-electron chi connectivity index (χ3n) is 2.45. The molecule has 1 aromatic heterocycles. The summed E-state index contributed by atoms with van der Waals surface area (Å²) in [7, 11) is 0. The van der Waals surface area contributed by atoms with Crippen molar-refractivity contribution in [1.82, 2.24) is 9.97 Å². The lowest BCUT2D eigenvalue weighted by molar-refractivity contribution is 0.305. The molecule has 0 aliphatic carbocycles. The number of aryl methyl sites for hydroxylation is 1. The van der Waals surface area contributed by atoms with Gasteiger partial charge in [0.15, 0.2) is 0 Å². The highest BCUT2D eigenvalue weighted by atomic mass is 16.5. The van der Waals surface area contributed by atoms with Gasteiger partial charge in [-0.15, -0.1) is 0 Å². The number of aromatic nitrogens is 2. The normalized spacial score (nSPS) is 10.4. The minimum atomic E-state index is 0.647. The maximum Gasteiger partial charge on any atom is 0.226 e. The predicted octanol–water partition coefficient (Wildman–Crippen LogP) is 2.11. The number of unbranched alkanes of at least 4 members (excludes halogenated alkanes) is 2. The quantitative estimate of drug-likeness (QED) is 0.659. The van der Waals surface area contributed by atoms with Crippen molar-refractivity contribution in [1.29, 1.82) is 0 Å². The summed E-state index contributed by atoms with van der Waals surface area (Å²) in [6, 6.07) is 1.86. The van der Waals surface area contributed by atoms with Crippen LogP contribution >= 0.6 is 0 Å². The van der Waals surface area contributed by atoms with Crippen LogP contribution < -0.4 is 15.8 Å². The van der Waals surface area contributed by atoms with E-state index in [0.717, 1.165) is 44.5 Å². The first-order valence-electron chi connectivity index (χ1n) is 6.68. The average Bonchev–Trinajstić information content (AvgIpc) is 2.35. The minimum Gasteiger partial charge on any atom is -0.478 e. The van der Waals surface area contributed by atoms with Gasteiger partial charge in [-0.2, -0.15) is 4.98 Å². The zero-order chi connectivity index (χ0) is 13.2. The molecule has 0 unspecified atom stereocenters. The molecule has 0 fully saturated rings. The predicted molar refractivity (Wildman–Crippen MR) is 74.0 cm³/mol. The Bertz CT molecular complexity index is 344. The lowest BCUT2D eigenvalue weighted by Crippen LogP contribution is -2.08. The molecule has 0 aliphatic rings. The highest BCUT2D eigenvalue weighted by Crippen LogP contribution is 2.12. The second-order valence-electron chi connectivity index (χ2n) is 4.30. The van der Waals surface area contributed by atoms with Crippen molar-refractivity contribution in [2.75, 3.05) is 25.0 Å². The molecule has 0 spiro atoms. The Hall–Kier alpha value is -1.36. The lowest BCUT2D eigenvalue weighted by Gasteiger charge is -2.08. The molecule has 3 N–H and O–H groups in total. The summed E-state index contributed by atoms with van der Waals surface area (Å²) in [4.78, 5) is 8.65. The van der Waals surface area contributed by atoms with E-state index < -0.39 is 0 Å². The van der Waals surface area contributed by atoms with Crippen LogP contribution in [0.5, 0.6) is 5.88 Å². The number of nitrogens with zero attached hydrogens (tertiary/aromatic N) is 2. The van der Waals surface area contributed by atoms with E-state index in [2.05, 4.69) is 22.2 Å². The molecule has 102 valence electrons. The number of hydrogen-bond donors (Lipinski definition) is 2. The number of nitrogens with two attached hydrogens (primary N) is 1. The van der Waals surface area contributed by atoms with Crippen molar-refractivity contribution in [2.45, 2.75) is 39.5 Å². The van der Waals surface area contributed by atoms with Gasteiger partial charge in [-0.3, -0.25) is 0 Å². The van der Waals surface area contributed by atoms with E-state index in [-0.39, 0.29) is 0 Å². The van der Waals surface area contributed by atoms with Crippen molar-refractivity contribution in [2.24, 2.45) is 5.73 Å². The third-order valence-corrected chi connectivity index (χ3v) is 2.45. The van der Waals surface area contributed by atoms with Crippen molar-refractivity contribution in [3.8, 4) is 5.88 Å². The number of rotatable bonds is 9. The van der Waals surface area contributed by atoms with E-state index in [1.54, 1.807) is 0 Å². The Labute approximate surface area is 109 Å². The molecule has 1 rings (SSSR count). The van der Waals surface area contributed by atoms with Crippen LogP contribution in [-0.2, 0) is 0 Å². The first kappa shape index (κ1) is 14.7. The zero-order valence-electron chi connectivity index (χ0n) is 11.4. The summed E-state index contributed by atoms with van der Waals surface area (Å²) in [5.74, 6) is 1.29. The Balaban J connectivity index is 2.41. The Morgan fingerprint density at radius 3 is 2.83 bits per heavy atom. The van der Waals surface area contributed by atoms with Gasteiger partial charge < -0.3 is 15.8 Å². The van der Waals surface area contributed by atoms with Gasteiger partial charge in [-0.1, -0.05) is 13.3 Å². The summed E-state index contributed by atoms with van der Waals surface area (Å²) < 4.78 is 5.51. The molecule has 0 amide bonds. The fourth-order valence-electron chi connectivity index (χ4n) is 1.55. The molecule has 0 saturated carbocycles. The molecular weight excluding hydrogens is 228 g/mol. The monoisotopic (exact) mass is 252 g/mol. The lowest BCUT2D eigenvalue weighted by atomic mass is 10.2. The standard InChI is InChI=1S/C13H24N4O/c1-3-9-18-12-10-11(2)16-13(17-12)15-8-6-4-5-7-14/h10H,3-9,14H2,1-2H3,(H,15,16,17). The number of ether oxygens (including phenoxy) is 1. The highest BCUT2D eigenvalue weighted by molar-refractivity contribution is 5.30. The van der Waals surface area contributed by atoms with Gasteiger partial charge in [0.1, 0.15) is 0 Å². The van der Waals surface area contributed by atoms with Crippen LogP contribution in [0, 0.1) is 6.92 Å². The molecule has 18 heavy (non-hydrogen) atoms. The maximum atomic E-state index is 5.51. The van der Waals surface area contributed by atoms with Gasteiger partial charge in [-0.25, -0.2) is 4.98 Å². The first-order chi connectivity index (χ1) is 8.76. The smallest absolute Gasteiger partial charge is 0.226 e. The Morgan fingerprint density at radius 1 is 1.28 bits per heavy atom. The fraction of sp³-hybridized carbons (Fsp3) is 0.692. The van der Waals surface area contributed by atoms with Gasteiger partial charge in [0, 0.05) is 18.3 Å². The van der Waals surface area contributed by atoms with Crippen molar-refractivity contribution in [3.05, 3.63) is 11.8 Å². The molecule has 0 aliphatic heterocycles. The van der Waals surface area contributed by atoms with Crippen molar-refractivity contribution in [3.63, 3.8) is 0 Å². The van der Waals surface area contributed by atoms with Gasteiger partial charge in [0.05, 0.1) is 6.61 Å². The van der Waals surface area contributed by atoms with Crippen LogP contribution in [0.4, 0.5) is 5.95 Å². The van der Waals surface area contributed by atoms with Crippen LogP contribution in [0.3, 0.4) is 0 Å². The Kier molecular flexibility index (Phi) is 7.10. The molecule has 0 saturated heterocycles. The highest BCUT2D eigenvalue weighted by Gasteiger charge is 2.02. The third kappa shape index (κ3) is 5.82. The van der Waals surface area contributed by atoms with Gasteiger partial charge in [0.25, 0.3) is 0 Å². The van der Waals surface area contributed by atoms with Crippen LogP contribution in [0.1, 0.15) is 38.3 Å². The summed E-state index contributed by atoms with van der Waals surface area (Å²) in [6.07, 6.45) is 4.26.